The Morgan fingerprint density at radius 3 is 2.80 bits per heavy atom. The lowest BCUT2D eigenvalue weighted by Gasteiger charge is -2.13. The zero-order valence-corrected chi connectivity index (χ0v) is 13.3. The molecule has 4 nitrogen and oxygen atoms in total. The van der Waals surface area contributed by atoms with Gasteiger partial charge in [0, 0.05) is 17.5 Å². The summed E-state index contributed by atoms with van der Waals surface area (Å²) in [5.74, 6) is 0. The molecule has 2 aromatic heterocycles. The minimum absolute atomic E-state index is 0.166. The van der Waals surface area contributed by atoms with Crippen LogP contribution in [0, 0.1) is 0 Å². The maximum Gasteiger partial charge on any atom is 0.323 e. The van der Waals surface area contributed by atoms with Gasteiger partial charge in [-0.15, -0.1) is 11.3 Å². The highest BCUT2D eigenvalue weighted by Crippen LogP contribution is 2.23. The fraction of sp³-hybridized carbons (Fsp3) is 0.214. The molecule has 0 saturated heterocycles. The summed E-state index contributed by atoms with van der Waals surface area (Å²) in [4.78, 5) is 18.1. The SMILES string of the molecule is CC(NCc1ccc(Br)s1)c1ccc2[nH]c(=O)[nH]c2c1. The number of halogens is 1. The first-order valence-electron chi connectivity index (χ1n) is 6.31. The summed E-state index contributed by atoms with van der Waals surface area (Å²) in [5.41, 5.74) is 2.68. The molecule has 0 spiro atoms. The Kier molecular flexibility index (Phi) is 3.78. The van der Waals surface area contributed by atoms with E-state index < -0.39 is 0 Å². The second-order valence-corrected chi connectivity index (χ2v) is 7.24. The Bertz CT molecular complexity index is 789. The van der Waals surface area contributed by atoms with Crippen molar-refractivity contribution in [2.24, 2.45) is 0 Å². The normalized spacial score (nSPS) is 12.9. The standard InChI is InChI=1S/C14H14BrN3OS/c1-8(16-7-10-3-5-13(15)20-10)9-2-4-11-12(6-9)18-14(19)17-11/h2-6,8,16H,7H2,1H3,(H2,17,18,19). The van der Waals surface area contributed by atoms with Gasteiger partial charge < -0.3 is 15.3 Å². The van der Waals surface area contributed by atoms with E-state index in [1.54, 1.807) is 11.3 Å². The Labute approximate surface area is 128 Å². The van der Waals surface area contributed by atoms with Crippen molar-refractivity contribution in [1.82, 2.24) is 15.3 Å². The molecule has 3 N–H and O–H groups in total. The molecule has 0 aliphatic carbocycles. The molecule has 0 bridgehead atoms. The number of fused-ring (bicyclic) bond motifs is 1. The largest absolute Gasteiger partial charge is 0.323 e. The molecule has 3 aromatic rings. The van der Waals surface area contributed by atoms with Crippen LogP contribution in [0.1, 0.15) is 23.4 Å². The van der Waals surface area contributed by atoms with Crippen LogP contribution in [0.4, 0.5) is 0 Å². The van der Waals surface area contributed by atoms with E-state index in [0.29, 0.717) is 0 Å². The third-order valence-electron chi connectivity index (χ3n) is 3.25. The Morgan fingerprint density at radius 2 is 2.05 bits per heavy atom. The smallest absolute Gasteiger partial charge is 0.306 e. The summed E-state index contributed by atoms with van der Waals surface area (Å²) in [6.45, 7) is 2.95. The van der Waals surface area contributed by atoms with Gasteiger partial charge in [-0.1, -0.05) is 6.07 Å². The van der Waals surface area contributed by atoms with Gasteiger partial charge in [0.15, 0.2) is 0 Å². The zero-order valence-electron chi connectivity index (χ0n) is 10.9. The molecule has 0 fully saturated rings. The highest BCUT2D eigenvalue weighted by molar-refractivity contribution is 9.11. The van der Waals surface area contributed by atoms with Crippen molar-refractivity contribution in [2.75, 3.05) is 0 Å². The van der Waals surface area contributed by atoms with Gasteiger partial charge in [-0.25, -0.2) is 4.79 Å². The molecule has 0 radical (unpaired) electrons. The van der Waals surface area contributed by atoms with Crippen LogP contribution in [0.25, 0.3) is 11.0 Å². The number of imidazole rings is 1. The monoisotopic (exact) mass is 351 g/mol. The van der Waals surface area contributed by atoms with Gasteiger partial charge in [0.25, 0.3) is 0 Å². The van der Waals surface area contributed by atoms with Gasteiger partial charge >= 0.3 is 5.69 Å². The third kappa shape index (κ3) is 2.87. The molecular formula is C14H14BrN3OS. The van der Waals surface area contributed by atoms with E-state index in [1.807, 2.05) is 18.2 Å². The van der Waals surface area contributed by atoms with Gasteiger partial charge in [0.1, 0.15) is 0 Å². The maximum atomic E-state index is 11.3. The number of hydrogen-bond donors (Lipinski definition) is 3. The number of hydrogen-bond acceptors (Lipinski definition) is 3. The molecule has 0 aliphatic heterocycles. The number of benzene rings is 1. The van der Waals surface area contributed by atoms with Crippen molar-refractivity contribution in [3.05, 3.63) is 55.0 Å². The van der Waals surface area contributed by atoms with Crippen molar-refractivity contribution >= 4 is 38.3 Å². The first-order valence-corrected chi connectivity index (χ1v) is 7.92. The number of H-pyrrole nitrogens is 2. The van der Waals surface area contributed by atoms with Crippen molar-refractivity contribution in [2.45, 2.75) is 19.5 Å². The van der Waals surface area contributed by atoms with Crippen LogP contribution in [0.15, 0.2) is 38.9 Å². The van der Waals surface area contributed by atoms with E-state index in [-0.39, 0.29) is 11.7 Å². The van der Waals surface area contributed by atoms with E-state index >= 15 is 0 Å². The summed E-state index contributed by atoms with van der Waals surface area (Å²) >= 11 is 5.20. The maximum absolute atomic E-state index is 11.3. The van der Waals surface area contributed by atoms with Crippen LogP contribution < -0.4 is 11.0 Å². The van der Waals surface area contributed by atoms with Crippen molar-refractivity contribution in [3.63, 3.8) is 0 Å². The topological polar surface area (TPSA) is 60.7 Å². The average molecular weight is 352 g/mol. The summed E-state index contributed by atoms with van der Waals surface area (Å²) < 4.78 is 1.15. The van der Waals surface area contributed by atoms with E-state index in [0.717, 1.165) is 26.9 Å². The fourth-order valence-electron chi connectivity index (χ4n) is 2.14. The highest BCUT2D eigenvalue weighted by Gasteiger charge is 2.08. The number of aromatic nitrogens is 2. The van der Waals surface area contributed by atoms with Crippen molar-refractivity contribution < 1.29 is 0 Å². The second-order valence-electron chi connectivity index (χ2n) is 4.69. The Hall–Kier alpha value is -1.37. The van der Waals surface area contributed by atoms with E-state index in [1.165, 1.54) is 4.88 Å². The van der Waals surface area contributed by atoms with Gasteiger partial charge in [-0.3, -0.25) is 0 Å². The molecule has 1 unspecified atom stereocenters. The number of nitrogens with one attached hydrogen (secondary N) is 3. The lowest BCUT2D eigenvalue weighted by Crippen LogP contribution is -2.17. The van der Waals surface area contributed by atoms with E-state index in [2.05, 4.69) is 50.3 Å². The third-order valence-corrected chi connectivity index (χ3v) is 4.87. The minimum Gasteiger partial charge on any atom is -0.306 e. The van der Waals surface area contributed by atoms with E-state index in [4.69, 9.17) is 0 Å². The molecule has 1 atom stereocenters. The fourth-order valence-corrected chi connectivity index (χ4v) is 3.57. The van der Waals surface area contributed by atoms with Crippen LogP contribution in [-0.2, 0) is 6.54 Å². The van der Waals surface area contributed by atoms with Crippen LogP contribution >= 0.6 is 27.3 Å². The van der Waals surface area contributed by atoms with Crippen molar-refractivity contribution in [1.29, 1.82) is 0 Å². The van der Waals surface area contributed by atoms with Crippen LogP contribution in [-0.4, -0.2) is 9.97 Å². The zero-order chi connectivity index (χ0) is 14.1. The van der Waals surface area contributed by atoms with Gasteiger partial charge in [0.2, 0.25) is 0 Å². The van der Waals surface area contributed by atoms with Gasteiger partial charge in [-0.2, -0.15) is 0 Å². The minimum atomic E-state index is -0.166. The van der Waals surface area contributed by atoms with Crippen LogP contribution in [0.3, 0.4) is 0 Å². The molecule has 20 heavy (non-hydrogen) atoms. The van der Waals surface area contributed by atoms with Crippen molar-refractivity contribution in [3.8, 4) is 0 Å². The summed E-state index contributed by atoms with van der Waals surface area (Å²) in [6, 6.07) is 10.4. The molecule has 6 heteroatoms. The highest BCUT2D eigenvalue weighted by atomic mass is 79.9. The Morgan fingerprint density at radius 1 is 1.25 bits per heavy atom. The summed E-state index contributed by atoms with van der Waals surface area (Å²) in [7, 11) is 0. The summed E-state index contributed by atoms with van der Waals surface area (Å²) in [5, 5.41) is 3.49. The number of aromatic amines is 2. The molecule has 2 heterocycles. The first-order chi connectivity index (χ1) is 9.61. The molecule has 0 saturated carbocycles. The lowest BCUT2D eigenvalue weighted by atomic mass is 10.1. The predicted octanol–water partition coefficient (Wildman–Crippen LogP) is 3.53. The lowest BCUT2D eigenvalue weighted by molar-refractivity contribution is 0.579. The van der Waals surface area contributed by atoms with Gasteiger partial charge in [0.05, 0.1) is 14.8 Å². The number of thiophene rings is 1. The molecule has 0 amide bonds. The molecule has 104 valence electrons. The Balaban J connectivity index is 1.74. The molecular weight excluding hydrogens is 338 g/mol. The molecule has 0 aliphatic rings. The van der Waals surface area contributed by atoms with E-state index in [9.17, 15) is 4.79 Å². The number of rotatable bonds is 4. The quantitative estimate of drug-likeness (QED) is 0.673. The molecule has 1 aromatic carbocycles. The van der Waals surface area contributed by atoms with Crippen LogP contribution in [0.2, 0.25) is 0 Å². The summed E-state index contributed by atoms with van der Waals surface area (Å²) in [6.07, 6.45) is 0. The predicted molar refractivity (Wildman–Crippen MR) is 86.2 cm³/mol. The first kappa shape index (κ1) is 13.6. The second kappa shape index (κ2) is 5.55. The van der Waals surface area contributed by atoms with Crippen LogP contribution in [0.5, 0.6) is 0 Å². The molecule has 3 rings (SSSR count). The average Bonchev–Trinajstić information content (AvgIpc) is 2.99. The van der Waals surface area contributed by atoms with Gasteiger partial charge in [-0.05, 0) is 52.7 Å².